The van der Waals surface area contributed by atoms with Crippen molar-refractivity contribution in [1.29, 1.82) is 0 Å². The Hall–Kier alpha value is -4.28. The van der Waals surface area contributed by atoms with Gasteiger partial charge in [0.15, 0.2) is 11.5 Å². The number of anilines is 1. The highest BCUT2D eigenvalue weighted by atomic mass is 16.6. The fourth-order valence-electron chi connectivity index (χ4n) is 4.94. The predicted octanol–water partition coefficient (Wildman–Crippen LogP) is 5.03. The van der Waals surface area contributed by atoms with E-state index in [9.17, 15) is 4.79 Å². The molecule has 2 aromatic heterocycles. The van der Waals surface area contributed by atoms with E-state index in [2.05, 4.69) is 12.2 Å². The highest BCUT2D eigenvalue weighted by molar-refractivity contribution is 5.93. The van der Waals surface area contributed by atoms with Crippen LogP contribution in [0.2, 0.25) is 0 Å². The first kappa shape index (κ1) is 27.3. The van der Waals surface area contributed by atoms with Crippen LogP contribution in [0.1, 0.15) is 49.9 Å². The van der Waals surface area contributed by atoms with Crippen molar-refractivity contribution in [2.24, 2.45) is 0 Å². The van der Waals surface area contributed by atoms with E-state index in [0.717, 1.165) is 47.9 Å². The molecule has 1 aliphatic heterocycles. The molecule has 0 aliphatic carbocycles. The molecule has 1 aliphatic rings. The van der Waals surface area contributed by atoms with Crippen molar-refractivity contribution in [2.75, 3.05) is 46.3 Å². The van der Waals surface area contributed by atoms with Gasteiger partial charge in [-0.2, -0.15) is 4.52 Å². The van der Waals surface area contributed by atoms with Crippen LogP contribution in [0.5, 0.6) is 17.2 Å². The van der Waals surface area contributed by atoms with Crippen LogP contribution < -0.4 is 19.5 Å². The van der Waals surface area contributed by atoms with Crippen molar-refractivity contribution in [3.8, 4) is 17.2 Å². The van der Waals surface area contributed by atoms with Crippen molar-refractivity contribution in [3.05, 3.63) is 47.8 Å². The average Bonchev–Trinajstić information content (AvgIpc) is 3.45. The fourth-order valence-corrected chi connectivity index (χ4v) is 4.94. The molecule has 2 aromatic carbocycles. The van der Waals surface area contributed by atoms with E-state index in [-0.39, 0.29) is 12.0 Å². The second kappa shape index (κ2) is 12.3. The Balaban J connectivity index is 1.47. The quantitative estimate of drug-likeness (QED) is 0.273. The monoisotopic (exact) mass is 548 g/mol. The molecule has 0 bridgehead atoms. The van der Waals surface area contributed by atoms with Crippen molar-refractivity contribution in [3.63, 3.8) is 0 Å². The summed E-state index contributed by atoms with van der Waals surface area (Å²) in [5, 5.41) is 9.18. The van der Waals surface area contributed by atoms with Crippen LogP contribution in [0.25, 0.3) is 16.6 Å². The zero-order chi connectivity index (χ0) is 28.1. The summed E-state index contributed by atoms with van der Waals surface area (Å²) >= 11 is 0. The van der Waals surface area contributed by atoms with Gasteiger partial charge < -0.3 is 29.2 Å². The molecule has 4 aromatic rings. The highest BCUT2D eigenvalue weighted by Crippen LogP contribution is 2.30. The van der Waals surface area contributed by atoms with Crippen LogP contribution in [-0.4, -0.2) is 71.6 Å². The second-order valence-corrected chi connectivity index (χ2v) is 9.81. The van der Waals surface area contributed by atoms with E-state index < -0.39 is 0 Å². The lowest BCUT2D eigenvalue weighted by molar-refractivity contribution is 0.0898. The number of unbranched alkanes of at least 4 members (excludes halogenated alkanes) is 1. The van der Waals surface area contributed by atoms with E-state index in [0.29, 0.717) is 55.2 Å². The number of carbonyl (C=O) groups excluding carboxylic acids is 1. The summed E-state index contributed by atoms with van der Waals surface area (Å²) in [6.07, 6.45) is 3.33. The zero-order valence-corrected chi connectivity index (χ0v) is 23.5. The van der Waals surface area contributed by atoms with Gasteiger partial charge in [-0.25, -0.2) is 14.8 Å². The number of nitrogens with zero attached hydrogens (tertiary/aromatic N) is 5. The molecule has 11 heteroatoms. The normalized spacial score (nSPS) is 15.3. The maximum Gasteiger partial charge on any atom is 0.409 e. The van der Waals surface area contributed by atoms with Crippen molar-refractivity contribution in [2.45, 2.75) is 45.1 Å². The van der Waals surface area contributed by atoms with E-state index in [4.69, 9.17) is 34.0 Å². The van der Waals surface area contributed by atoms with E-state index in [1.807, 2.05) is 36.4 Å². The number of carbonyl (C=O) groups is 1. The van der Waals surface area contributed by atoms with E-state index in [1.165, 1.54) is 0 Å². The van der Waals surface area contributed by atoms with E-state index in [1.54, 1.807) is 30.7 Å². The third-order valence-corrected chi connectivity index (χ3v) is 7.20. The molecule has 0 saturated carbocycles. The lowest BCUT2D eigenvalue weighted by Crippen LogP contribution is -2.39. The van der Waals surface area contributed by atoms with Gasteiger partial charge in [-0.3, -0.25) is 0 Å². The van der Waals surface area contributed by atoms with E-state index >= 15 is 0 Å². The lowest BCUT2D eigenvalue weighted by atomic mass is 9.98. The minimum atomic E-state index is -0.267. The number of methoxy groups -OCH3 is 3. The Morgan fingerprint density at radius 1 is 1.05 bits per heavy atom. The number of piperidine rings is 1. The van der Waals surface area contributed by atoms with Gasteiger partial charge in [0.2, 0.25) is 5.95 Å². The minimum Gasteiger partial charge on any atom is -0.497 e. The fraction of sp³-hybridized carbons (Fsp3) is 0.448. The number of rotatable bonds is 10. The van der Waals surface area contributed by atoms with Crippen molar-refractivity contribution < 1.29 is 23.7 Å². The molecule has 212 valence electrons. The van der Waals surface area contributed by atoms with Gasteiger partial charge in [-0.15, -0.1) is 5.10 Å². The first-order valence-corrected chi connectivity index (χ1v) is 13.7. The number of nitrogens with one attached hydrogen (secondary N) is 1. The van der Waals surface area contributed by atoms with Crippen molar-refractivity contribution in [1.82, 2.24) is 24.5 Å². The van der Waals surface area contributed by atoms with Crippen LogP contribution in [0, 0.1) is 0 Å². The minimum absolute atomic E-state index is 0.00444. The smallest absolute Gasteiger partial charge is 0.409 e. The summed E-state index contributed by atoms with van der Waals surface area (Å²) < 4.78 is 23.6. The molecule has 1 unspecified atom stereocenters. The molecule has 5 rings (SSSR count). The predicted molar refractivity (Wildman–Crippen MR) is 152 cm³/mol. The van der Waals surface area contributed by atoms with Gasteiger partial charge in [0.1, 0.15) is 17.2 Å². The number of aromatic nitrogens is 4. The summed E-state index contributed by atoms with van der Waals surface area (Å²) in [5.74, 6) is 3.35. The highest BCUT2D eigenvalue weighted by Gasteiger charge is 2.29. The number of amides is 1. The van der Waals surface area contributed by atoms with Gasteiger partial charge in [-0.05, 0) is 43.5 Å². The number of ether oxygens (including phenoxy) is 4. The molecule has 1 atom stereocenters. The first-order chi connectivity index (χ1) is 19.5. The Labute approximate surface area is 233 Å². The standard InChI is InChI=1S/C29H36N6O5/c1-5-6-14-40-29(36)34-13-7-8-20(18-34)26-32-27-23-12-11-21(37-2)15-24(23)31-28(35(27)33-26)30-17-19-9-10-22(38-3)16-25(19)39-4/h9-12,15-16,20H,5-8,13-14,17-18H2,1-4H3,(H,30,31). The third-order valence-electron chi connectivity index (χ3n) is 7.20. The van der Waals surface area contributed by atoms with Crippen LogP contribution in [0.3, 0.4) is 0 Å². The SMILES string of the molecule is CCCCOC(=O)N1CCCC(c2nc3c4ccc(OC)cc4nc(NCc4ccc(OC)cc4OC)n3n2)C1. The van der Waals surface area contributed by atoms with Crippen LogP contribution in [0.15, 0.2) is 36.4 Å². The lowest BCUT2D eigenvalue weighted by Gasteiger charge is -2.30. The van der Waals surface area contributed by atoms with Gasteiger partial charge in [0.05, 0.1) is 33.5 Å². The van der Waals surface area contributed by atoms with Gasteiger partial charge in [0, 0.05) is 48.6 Å². The third kappa shape index (κ3) is 5.68. The summed E-state index contributed by atoms with van der Waals surface area (Å²) in [6.45, 7) is 4.16. The number of hydrogen-bond acceptors (Lipinski definition) is 9. The topological polar surface area (TPSA) is 112 Å². The molecule has 0 radical (unpaired) electrons. The molecule has 40 heavy (non-hydrogen) atoms. The molecule has 1 fully saturated rings. The Morgan fingerprint density at radius 3 is 2.62 bits per heavy atom. The molecule has 1 N–H and O–H groups in total. The van der Waals surface area contributed by atoms with Crippen LogP contribution >= 0.6 is 0 Å². The largest absolute Gasteiger partial charge is 0.497 e. The second-order valence-electron chi connectivity index (χ2n) is 9.81. The average molecular weight is 549 g/mol. The summed E-state index contributed by atoms with van der Waals surface area (Å²) in [4.78, 5) is 24.3. The number of hydrogen-bond donors (Lipinski definition) is 1. The Bertz CT molecular complexity index is 1490. The first-order valence-electron chi connectivity index (χ1n) is 13.7. The van der Waals surface area contributed by atoms with Crippen LogP contribution in [0.4, 0.5) is 10.7 Å². The van der Waals surface area contributed by atoms with Gasteiger partial charge in [-0.1, -0.05) is 13.3 Å². The zero-order valence-electron chi connectivity index (χ0n) is 23.5. The number of benzene rings is 2. The molecule has 1 saturated heterocycles. The Morgan fingerprint density at radius 2 is 1.85 bits per heavy atom. The summed E-state index contributed by atoms with van der Waals surface area (Å²) in [7, 11) is 4.89. The summed E-state index contributed by atoms with van der Waals surface area (Å²) in [5.41, 5.74) is 2.36. The van der Waals surface area contributed by atoms with Gasteiger partial charge in [0.25, 0.3) is 0 Å². The Kier molecular flexibility index (Phi) is 8.37. The molecule has 1 amide bonds. The van der Waals surface area contributed by atoms with Crippen molar-refractivity contribution >= 4 is 28.6 Å². The maximum absolute atomic E-state index is 12.6. The maximum atomic E-state index is 12.6. The van der Waals surface area contributed by atoms with Gasteiger partial charge >= 0.3 is 6.09 Å². The van der Waals surface area contributed by atoms with Crippen LogP contribution in [-0.2, 0) is 11.3 Å². The number of fused-ring (bicyclic) bond motifs is 3. The molecule has 0 spiro atoms. The molecule has 3 heterocycles. The summed E-state index contributed by atoms with van der Waals surface area (Å²) in [6, 6.07) is 11.4. The molecular weight excluding hydrogens is 512 g/mol. The number of likely N-dealkylation sites (tertiary alicyclic amines) is 1. The molecule has 11 nitrogen and oxygen atoms in total. The molecular formula is C29H36N6O5.